The molecule has 4 N–H and O–H groups in total. The van der Waals surface area contributed by atoms with Gasteiger partial charge in [0.1, 0.15) is 5.82 Å². The zero-order valence-electron chi connectivity index (χ0n) is 19.1. The Balaban J connectivity index is 0.000000491. The van der Waals surface area contributed by atoms with Gasteiger partial charge in [-0.3, -0.25) is 9.59 Å². The third-order valence-electron chi connectivity index (χ3n) is 6.57. The Morgan fingerprint density at radius 1 is 1.42 bits per heavy atom. The van der Waals surface area contributed by atoms with Crippen LogP contribution in [0.3, 0.4) is 0 Å². The summed E-state index contributed by atoms with van der Waals surface area (Å²) in [5.74, 6) is 0.442. The monoisotopic (exact) mass is 494 g/mol. The Bertz CT molecular complexity index is 1000. The second-order valence-electron chi connectivity index (χ2n) is 8.63. The lowest BCUT2D eigenvalue weighted by Crippen LogP contribution is -2.39. The van der Waals surface area contributed by atoms with Gasteiger partial charge in [0.15, 0.2) is 0 Å². The van der Waals surface area contributed by atoms with E-state index in [0.29, 0.717) is 18.0 Å². The SMILES string of the molecule is C.CC1=C(C2=C(C(C)SF)c3c(cnc(N)c3P)CC2)C(=O)NCC12CC2.CCNC(C)=O. The number of anilines is 1. The second-order valence-corrected chi connectivity index (χ2v) is 10.1. The van der Waals surface area contributed by atoms with Crippen molar-refractivity contribution in [2.75, 3.05) is 18.8 Å². The summed E-state index contributed by atoms with van der Waals surface area (Å²) in [6, 6.07) is 0. The Kier molecular flexibility index (Phi) is 9.11. The number of pyridine rings is 1. The van der Waals surface area contributed by atoms with Gasteiger partial charge in [-0.25, -0.2) is 4.98 Å². The molecule has 1 aromatic heterocycles. The molecule has 2 atom stereocenters. The highest BCUT2D eigenvalue weighted by Crippen LogP contribution is 2.55. The molecule has 1 spiro atoms. The molecule has 0 bridgehead atoms. The first-order valence-electron chi connectivity index (χ1n) is 10.9. The highest BCUT2D eigenvalue weighted by Gasteiger charge is 2.49. The molecule has 2 unspecified atom stereocenters. The third kappa shape index (κ3) is 5.43. The van der Waals surface area contributed by atoms with Crippen molar-refractivity contribution in [3.05, 3.63) is 34.0 Å². The minimum Gasteiger partial charge on any atom is -0.383 e. The van der Waals surface area contributed by atoms with Crippen molar-refractivity contribution < 1.29 is 13.5 Å². The minimum absolute atomic E-state index is 0. The number of hydrogen-bond donors (Lipinski definition) is 3. The molecular weight excluding hydrogens is 458 g/mol. The maximum absolute atomic E-state index is 13.7. The molecule has 2 heterocycles. The number of hydrogen-bond acceptors (Lipinski definition) is 5. The maximum Gasteiger partial charge on any atom is 0.251 e. The summed E-state index contributed by atoms with van der Waals surface area (Å²) in [6.07, 6.45) is 5.51. The van der Waals surface area contributed by atoms with Gasteiger partial charge in [-0.1, -0.05) is 13.0 Å². The largest absolute Gasteiger partial charge is 0.383 e. The second kappa shape index (κ2) is 11.0. The van der Waals surface area contributed by atoms with Crippen LogP contribution >= 0.6 is 21.4 Å². The van der Waals surface area contributed by atoms with E-state index in [1.165, 1.54) is 12.5 Å². The van der Waals surface area contributed by atoms with E-state index < -0.39 is 0 Å². The van der Waals surface area contributed by atoms with Gasteiger partial charge in [-0.15, -0.1) is 9.24 Å². The molecule has 1 aromatic rings. The van der Waals surface area contributed by atoms with E-state index in [4.69, 9.17) is 5.73 Å². The van der Waals surface area contributed by atoms with Crippen LogP contribution in [0.15, 0.2) is 22.9 Å². The van der Waals surface area contributed by atoms with Crippen LogP contribution in [0, 0.1) is 5.41 Å². The predicted octanol–water partition coefficient (Wildman–Crippen LogP) is 3.88. The van der Waals surface area contributed by atoms with Crippen molar-refractivity contribution in [2.24, 2.45) is 5.41 Å². The number of nitrogen functional groups attached to an aromatic ring is 1. The molecule has 1 saturated carbocycles. The first kappa shape index (κ1) is 27.3. The fourth-order valence-electron chi connectivity index (χ4n) is 4.61. The fraction of sp³-hybridized carbons (Fsp3) is 0.542. The summed E-state index contributed by atoms with van der Waals surface area (Å²) in [5, 5.41) is 6.05. The van der Waals surface area contributed by atoms with Gasteiger partial charge >= 0.3 is 0 Å². The number of nitrogens with one attached hydrogen (secondary N) is 2. The van der Waals surface area contributed by atoms with Crippen LogP contribution in [0.4, 0.5) is 9.70 Å². The Hall–Kier alpha value is -1.92. The summed E-state index contributed by atoms with van der Waals surface area (Å²) in [4.78, 5) is 27.0. The predicted molar refractivity (Wildman–Crippen MR) is 140 cm³/mol. The molecule has 3 aliphatic rings. The van der Waals surface area contributed by atoms with Crippen LogP contribution in [0.5, 0.6) is 0 Å². The standard InChI is InChI=1S/C19H23FN3OPS.C4H9NO.CH4/c1-9-13(18(24)23-8-19(9)5-6-19)12-4-3-11-7-22-17(21)16(25)15(11)14(12)10(2)26-20;1-3-5-4(2)6;/h7,10H,3-6,8,25H2,1-2H3,(H2,21,22)(H,23,24);3H2,1-2H3,(H,5,6);1H4. The smallest absolute Gasteiger partial charge is 0.251 e. The van der Waals surface area contributed by atoms with E-state index in [9.17, 15) is 13.5 Å². The van der Waals surface area contributed by atoms with Crippen molar-refractivity contribution in [1.29, 1.82) is 0 Å². The fourth-order valence-corrected chi connectivity index (χ4v) is 5.37. The van der Waals surface area contributed by atoms with Crippen LogP contribution in [0.2, 0.25) is 0 Å². The zero-order valence-corrected chi connectivity index (χ0v) is 21.1. The van der Waals surface area contributed by atoms with Gasteiger partial charge in [0.05, 0.1) is 17.4 Å². The number of nitrogens with zero attached hydrogens (tertiary/aromatic N) is 1. The van der Waals surface area contributed by atoms with Crippen LogP contribution in [-0.4, -0.2) is 35.1 Å². The molecule has 1 aliphatic heterocycles. The lowest BCUT2D eigenvalue weighted by atomic mass is 9.77. The third-order valence-corrected chi connectivity index (χ3v) is 7.66. The minimum atomic E-state index is -0.379. The van der Waals surface area contributed by atoms with E-state index in [2.05, 4.69) is 31.8 Å². The lowest BCUT2D eigenvalue weighted by Gasteiger charge is -2.33. The van der Waals surface area contributed by atoms with Crippen molar-refractivity contribution in [3.8, 4) is 0 Å². The molecular formula is C24H36FN4O2PS. The highest BCUT2D eigenvalue weighted by molar-refractivity contribution is 7.95. The van der Waals surface area contributed by atoms with Crippen molar-refractivity contribution >= 4 is 49.9 Å². The summed E-state index contributed by atoms with van der Waals surface area (Å²) in [7, 11) is 2.65. The van der Waals surface area contributed by atoms with Crippen molar-refractivity contribution in [3.63, 3.8) is 0 Å². The molecule has 0 aromatic carbocycles. The molecule has 2 aliphatic carbocycles. The average molecular weight is 495 g/mol. The Labute approximate surface area is 203 Å². The van der Waals surface area contributed by atoms with E-state index in [1.54, 1.807) is 6.20 Å². The summed E-state index contributed by atoms with van der Waals surface area (Å²) >= 11 is 0.313. The number of carbonyl (C=O) groups excluding carboxylic acids is 2. The Morgan fingerprint density at radius 2 is 2.09 bits per heavy atom. The normalized spacial score (nSPS) is 19.0. The molecule has 0 radical (unpaired) electrons. The van der Waals surface area contributed by atoms with Gasteiger partial charge in [-0.2, -0.15) is 3.89 Å². The number of halogens is 1. The van der Waals surface area contributed by atoms with Gasteiger partial charge in [0.25, 0.3) is 5.91 Å². The average Bonchev–Trinajstić information content (AvgIpc) is 3.54. The van der Waals surface area contributed by atoms with Crippen molar-refractivity contribution in [2.45, 2.75) is 66.1 Å². The number of fused-ring (bicyclic) bond motifs is 1. The molecule has 6 nitrogen and oxygen atoms in total. The Morgan fingerprint density at radius 3 is 2.61 bits per heavy atom. The van der Waals surface area contributed by atoms with Gasteiger partial charge < -0.3 is 16.4 Å². The van der Waals surface area contributed by atoms with Crippen LogP contribution < -0.4 is 21.7 Å². The van der Waals surface area contributed by atoms with Crippen molar-refractivity contribution in [1.82, 2.24) is 15.6 Å². The summed E-state index contributed by atoms with van der Waals surface area (Å²) in [6.45, 7) is 8.77. The maximum atomic E-state index is 13.7. The number of aryl methyl sites for hydroxylation is 1. The molecule has 0 saturated heterocycles. The zero-order chi connectivity index (χ0) is 23.6. The first-order chi connectivity index (χ1) is 15.2. The number of aromatic nitrogens is 1. The van der Waals surface area contributed by atoms with Crippen LogP contribution in [-0.2, 0) is 16.0 Å². The van der Waals surface area contributed by atoms with E-state index in [0.717, 1.165) is 71.9 Å². The molecule has 182 valence electrons. The molecule has 1 fully saturated rings. The van der Waals surface area contributed by atoms with E-state index in [1.807, 2.05) is 13.8 Å². The first-order valence-corrected chi connectivity index (χ1v) is 12.3. The number of carbonyl (C=O) groups is 2. The summed E-state index contributed by atoms with van der Waals surface area (Å²) < 4.78 is 13.7. The van der Waals surface area contributed by atoms with Gasteiger partial charge in [0, 0.05) is 42.5 Å². The number of amides is 2. The van der Waals surface area contributed by atoms with Gasteiger partial charge in [0.2, 0.25) is 5.91 Å². The topological polar surface area (TPSA) is 97.1 Å². The van der Waals surface area contributed by atoms with Crippen LogP contribution in [0.1, 0.15) is 65.5 Å². The van der Waals surface area contributed by atoms with E-state index in [-0.39, 0.29) is 29.9 Å². The number of nitrogens with two attached hydrogens (primary N) is 1. The molecule has 33 heavy (non-hydrogen) atoms. The molecule has 4 rings (SSSR count). The summed E-state index contributed by atoms with van der Waals surface area (Å²) in [5.41, 5.74) is 12.0. The van der Waals surface area contributed by atoms with E-state index >= 15 is 0 Å². The highest BCUT2D eigenvalue weighted by atomic mass is 32.2. The lowest BCUT2D eigenvalue weighted by molar-refractivity contribution is -0.119. The molecule has 2 amide bonds. The van der Waals surface area contributed by atoms with Gasteiger partial charge in [-0.05, 0) is 68.7 Å². The molecule has 9 heteroatoms. The quantitative estimate of drug-likeness (QED) is 0.552. The number of rotatable bonds is 4. The van der Waals surface area contributed by atoms with Crippen LogP contribution in [0.25, 0.3) is 5.57 Å².